The molecule has 1 heterocycles. The van der Waals surface area contributed by atoms with Crippen molar-refractivity contribution < 1.29 is 4.79 Å². The number of amides is 1. The van der Waals surface area contributed by atoms with E-state index in [1.807, 2.05) is 25.2 Å². The third-order valence-electron chi connectivity index (χ3n) is 4.72. The van der Waals surface area contributed by atoms with Crippen molar-refractivity contribution in [1.82, 2.24) is 14.9 Å². The average molecular weight is 457 g/mol. The molecule has 0 spiro atoms. The zero-order chi connectivity index (χ0) is 22.2. The Morgan fingerprint density at radius 1 is 1.29 bits per heavy atom. The predicted octanol–water partition coefficient (Wildman–Crippen LogP) is 3.97. The highest BCUT2D eigenvalue weighted by Gasteiger charge is 2.13. The molecule has 1 aromatic heterocycles. The molecule has 3 aromatic rings. The Labute approximate surface area is 190 Å². The van der Waals surface area contributed by atoms with E-state index in [-0.39, 0.29) is 17.2 Å². The molecule has 1 amide bonds. The summed E-state index contributed by atoms with van der Waals surface area (Å²) < 4.78 is 1.52. The zero-order valence-electron chi connectivity index (χ0n) is 17.4. The number of para-hydroxylation sites is 1. The van der Waals surface area contributed by atoms with E-state index < -0.39 is 0 Å². The molecule has 0 bridgehead atoms. The van der Waals surface area contributed by atoms with Gasteiger partial charge >= 0.3 is 0 Å². The predicted molar refractivity (Wildman–Crippen MR) is 129 cm³/mol. The first-order valence-corrected chi connectivity index (χ1v) is 11.3. The van der Waals surface area contributed by atoms with Crippen molar-refractivity contribution in [2.24, 2.45) is 0 Å². The van der Waals surface area contributed by atoms with Crippen LogP contribution in [0.3, 0.4) is 0 Å². The SMILES string of the molecule is C=CCn1c(SCC(=O)NCCCN(C)c2ccccc2)nc2cc(Cl)ccc2c1=O. The van der Waals surface area contributed by atoms with Gasteiger partial charge in [0.05, 0.1) is 16.7 Å². The first kappa shape index (κ1) is 22.9. The number of fused-ring (bicyclic) bond motifs is 1. The Morgan fingerprint density at radius 3 is 2.81 bits per heavy atom. The van der Waals surface area contributed by atoms with Gasteiger partial charge in [0, 0.05) is 37.4 Å². The molecule has 0 saturated carbocycles. The van der Waals surface area contributed by atoms with Gasteiger partial charge in [-0.3, -0.25) is 14.2 Å². The molecule has 0 radical (unpaired) electrons. The molecule has 31 heavy (non-hydrogen) atoms. The molecule has 0 saturated heterocycles. The summed E-state index contributed by atoms with van der Waals surface area (Å²) in [5, 5.41) is 4.40. The average Bonchev–Trinajstić information content (AvgIpc) is 2.77. The Balaban J connectivity index is 1.56. The van der Waals surface area contributed by atoms with Crippen LogP contribution in [0.15, 0.2) is 71.1 Å². The molecule has 8 heteroatoms. The lowest BCUT2D eigenvalue weighted by atomic mass is 10.2. The van der Waals surface area contributed by atoms with Crippen molar-refractivity contribution in [3.63, 3.8) is 0 Å². The number of anilines is 1. The number of benzene rings is 2. The van der Waals surface area contributed by atoms with Crippen molar-refractivity contribution in [2.45, 2.75) is 18.1 Å². The van der Waals surface area contributed by atoms with Crippen LogP contribution in [0.1, 0.15) is 6.42 Å². The van der Waals surface area contributed by atoms with Gasteiger partial charge in [-0.15, -0.1) is 6.58 Å². The van der Waals surface area contributed by atoms with Gasteiger partial charge in [0.1, 0.15) is 0 Å². The van der Waals surface area contributed by atoms with Gasteiger partial charge in [-0.05, 0) is 36.8 Å². The summed E-state index contributed by atoms with van der Waals surface area (Å²) in [6, 6.07) is 15.1. The first-order chi connectivity index (χ1) is 15.0. The molecule has 0 atom stereocenters. The van der Waals surface area contributed by atoms with Gasteiger partial charge in [-0.25, -0.2) is 4.98 Å². The quantitative estimate of drug-likeness (QED) is 0.216. The first-order valence-electron chi connectivity index (χ1n) is 9.96. The van der Waals surface area contributed by atoms with Crippen LogP contribution in [-0.2, 0) is 11.3 Å². The number of carbonyl (C=O) groups excluding carboxylic acids is 1. The second-order valence-electron chi connectivity index (χ2n) is 7.01. The summed E-state index contributed by atoms with van der Waals surface area (Å²) in [6.45, 7) is 5.45. The third-order valence-corrected chi connectivity index (χ3v) is 5.93. The van der Waals surface area contributed by atoms with Crippen molar-refractivity contribution in [2.75, 3.05) is 30.8 Å². The summed E-state index contributed by atoms with van der Waals surface area (Å²) in [6.07, 6.45) is 2.47. The molecular formula is C23H25ClN4O2S. The van der Waals surface area contributed by atoms with Crippen molar-refractivity contribution in [3.8, 4) is 0 Å². The Kier molecular flexibility index (Phi) is 8.14. The van der Waals surface area contributed by atoms with Crippen LogP contribution in [0, 0.1) is 0 Å². The van der Waals surface area contributed by atoms with Crippen LogP contribution < -0.4 is 15.8 Å². The van der Waals surface area contributed by atoms with E-state index in [1.165, 1.54) is 16.3 Å². The molecule has 0 unspecified atom stereocenters. The van der Waals surface area contributed by atoms with E-state index in [2.05, 4.69) is 33.9 Å². The number of aromatic nitrogens is 2. The Morgan fingerprint density at radius 2 is 2.06 bits per heavy atom. The van der Waals surface area contributed by atoms with Crippen LogP contribution in [0.2, 0.25) is 5.02 Å². The molecule has 0 aliphatic carbocycles. The molecule has 0 fully saturated rings. The number of nitrogens with one attached hydrogen (secondary N) is 1. The molecule has 3 rings (SSSR count). The molecule has 0 aliphatic heterocycles. The normalized spacial score (nSPS) is 10.8. The number of thioether (sulfide) groups is 1. The fourth-order valence-electron chi connectivity index (χ4n) is 3.11. The topological polar surface area (TPSA) is 67.2 Å². The number of halogens is 1. The highest BCUT2D eigenvalue weighted by molar-refractivity contribution is 7.99. The van der Waals surface area contributed by atoms with Crippen molar-refractivity contribution in [1.29, 1.82) is 0 Å². The number of hydrogen-bond acceptors (Lipinski definition) is 5. The summed E-state index contributed by atoms with van der Waals surface area (Å²) in [5.41, 5.74) is 1.49. The van der Waals surface area contributed by atoms with E-state index in [0.717, 1.165) is 18.7 Å². The number of carbonyl (C=O) groups is 1. The number of hydrogen-bond donors (Lipinski definition) is 1. The van der Waals surface area contributed by atoms with Crippen LogP contribution in [0.4, 0.5) is 5.69 Å². The highest BCUT2D eigenvalue weighted by Crippen LogP contribution is 2.20. The highest BCUT2D eigenvalue weighted by atomic mass is 35.5. The van der Waals surface area contributed by atoms with Crippen LogP contribution in [0.25, 0.3) is 10.9 Å². The second kappa shape index (κ2) is 11.0. The van der Waals surface area contributed by atoms with Gasteiger partial charge in [-0.2, -0.15) is 0 Å². The van der Waals surface area contributed by atoms with Crippen LogP contribution >= 0.6 is 23.4 Å². The molecule has 6 nitrogen and oxygen atoms in total. The lowest BCUT2D eigenvalue weighted by Gasteiger charge is -2.19. The smallest absolute Gasteiger partial charge is 0.262 e. The standard InChI is InChI=1S/C23H25ClN4O2S/c1-3-13-28-22(30)19-11-10-17(24)15-20(19)26-23(28)31-16-21(29)25-12-7-14-27(2)18-8-5-4-6-9-18/h3-6,8-11,15H,1,7,12-14,16H2,2H3,(H,25,29). The van der Waals surface area contributed by atoms with E-state index >= 15 is 0 Å². The lowest BCUT2D eigenvalue weighted by Crippen LogP contribution is -2.30. The molecular weight excluding hydrogens is 432 g/mol. The minimum Gasteiger partial charge on any atom is -0.375 e. The summed E-state index contributed by atoms with van der Waals surface area (Å²) in [7, 11) is 2.03. The fourth-order valence-corrected chi connectivity index (χ4v) is 4.12. The van der Waals surface area contributed by atoms with Crippen LogP contribution in [-0.4, -0.2) is 41.3 Å². The minimum atomic E-state index is -0.173. The minimum absolute atomic E-state index is 0.0991. The molecule has 162 valence electrons. The van der Waals surface area contributed by atoms with E-state index in [0.29, 0.717) is 34.2 Å². The Hall–Kier alpha value is -2.77. The fraction of sp³-hybridized carbons (Fsp3) is 0.261. The van der Waals surface area contributed by atoms with Gasteiger partial charge < -0.3 is 10.2 Å². The maximum atomic E-state index is 12.8. The number of allylic oxidation sites excluding steroid dienone is 1. The zero-order valence-corrected chi connectivity index (χ0v) is 19.0. The maximum Gasteiger partial charge on any atom is 0.262 e. The van der Waals surface area contributed by atoms with Crippen molar-refractivity contribution in [3.05, 3.63) is 76.6 Å². The molecule has 1 N–H and O–H groups in total. The summed E-state index contributed by atoms with van der Waals surface area (Å²) in [4.78, 5) is 31.8. The van der Waals surface area contributed by atoms with Gasteiger partial charge in [0.25, 0.3) is 5.56 Å². The summed E-state index contributed by atoms with van der Waals surface area (Å²) in [5.74, 6) is 0.0717. The van der Waals surface area contributed by atoms with Crippen LogP contribution in [0.5, 0.6) is 0 Å². The Bertz CT molecular complexity index is 1120. The monoisotopic (exact) mass is 456 g/mol. The maximum absolute atomic E-state index is 12.8. The second-order valence-corrected chi connectivity index (χ2v) is 8.39. The third kappa shape index (κ3) is 6.12. The molecule has 0 aliphatic rings. The number of rotatable bonds is 10. The number of nitrogens with zero attached hydrogens (tertiary/aromatic N) is 3. The van der Waals surface area contributed by atoms with Gasteiger partial charge in [-0.1, -0.05) is 47.6 Å². The summed E-state index contributed by atoms with van der Waals surface area (Å²) >= 11 is 7.27. The lowest BCUT2D eigenvalue weighted by molar-refractivity contribution is -0.118. The van der Waals surface area contributed by atoms with Gasteiger partial charge in [0.15, 0.2) is 5.16 Å². The molecule has 2 aromatic carbocycles. The van der Waals surface area contributed by atoms with E-state index in [9.17, 15) is 9.59 Å². The van der Waals surface area contributed by atoms with E-state index in [1.54, 1.807) is 24.3 Å². The van der Waals surface area contributed by atoms with Gasteiger partial charge in [0.2, 0.25) is 5.91 Å². The van der Waals surface area contributed by atoms with Crippen molar-refractivity contribution >= 4 is 45.9 Å². The van der Waals surface area contributed by atoms with E-state index in [4.69, 9.17) is 11.6 Å². The largest absolute Gasteiger partial charge is 0.375 e.